The molecule has 5 nitrogen and oxygen atoms in total. The standard InChI is InChI=1S/C14H28N2O3/c1-10-6-7-16(9-12(10)19-5)11(2)8-14(3,15-4)13(17)18/h10-12,15H,6-9H2,1-5H3,(H,17,18). The summed E-state index contributed by atoms with van der Waals surface area (Å²) in [5.74, 6) is -0.223. The van der Waals surface area contributed by atoms with Crippen molar-refractivity contribution in [2.24, 2.45) is 5.92 Å². The summed E-state index contributed by atoms with van der Waals surface area (Å²) in [6.45, 7) is 7.96. The van der Waals surface area contributed by atoms with Crippen molar-refractivity contribution < 1.29 is 14.6 Å². The molecule has 0 bridgehead atoms. The van der Waals surface area contributed by atoms with Gasteiger partial charge in [0.1, 0.15) is 5.54 Å². The number of likely N-dealkylation sites (N-methyl/N-ethyl adjacent to an activating group) is 1. The van der Waals surface area contributed by atoms with Gasteiger partial charge in [0.25, 0.3) is 0 Å². The average Bonchev–Trinajstić information content (AvgIpc) is 2.38. The summed E-state index contributed by atoms with van der Waals surface area (Å²) in [7, 11) is 3.46. The van der Waals surface area contributed by atoms with Crippen molar-refractivity contribution in [1.29, 1.82) is 0 Å². The molecule has 1 saturated heterocycles. The Labute approximate surface area is 116 Å². The molecule has 4 atom stereocenters. The lowest BCUT2D eigenvalue weighted by molar-refractivity contribution is -0.145. The average molecular weight is 272 g/mol. The first-order valence-corrected chi connectivity index (χ1v) is 7.03. The van der Waals surface area contributed by atoms with E-state index in [1.165, 1.54) is 0 Å². The Bertz CT molecular complexity index is 311. The topological polar surface area (TPSA) is 61.8 Å². The van der Waals surface area contributed by atoms with Crippen LogP contribution in [0.1, 0.15) is 33.6 Å². The molecule has 0 spiro atoms. The molecule has 0 aromatic rings. The van der Waals surface area contributed by atoms with E-state index in [1.54, 1.807) is 21.1 Å². The first-order valence-electron chi connectivity index (χ1n) is 7.03. The summed E-state index contributed by atoms with van der Waals surface area (Å²) >= 11 is 0. The minimum absolute atomic E-state index is 0.221. The molecule has 1 aliphatic heterocycles. The summed E-state index contributed by atoms with van der Waals surface area (Å²) in [4.78, 5) is 13.7. The number of methoxy groups -OCH3 is 1. The number of likely N-dealkylation sites (tertiary alicyclic amines) is 1. The zero-order chi connectivity index (χ0) is 14.6. The third kappa shape index (κ3) is 3.91. The van der Waals surface area contributed by atoms with Crippen LogP contribution in [0.3, 0.4) is 0 Å². The fraction of sp³-hybridized carbons (Fsp3) is 0.929. The number of nitrogens with zero attached hydrogens (tertiary/aromatic N) is 1. The lowest BCUT2D eigenvalue weighted by Crippen LogP contribution is -2.54. The van der Waals surface area contributed by atoms with Crippen molar-refractivity contribution in [3.63, 3.8) is 0 Å². The molecule has 1 fully saturated rings. The van der Waals surface area contributed by atoms with Gasteiger partial charge in [-0.2, -0.15) is 0 Å². The van der Waals surface area contributed by atoms with E-state index in [4.69, 9.17) is 4.74 Å². The van der Waals surface area contributed by atoms with Crippen LogP contribution in [-0.2, 0) is 9.53 Å². The maximum atomic E-state index is 11.3. The van der Waals surface area contributed by atoms with E-state index in [0.717, 1.165) is 19.5 Å². The van der Waals surface area contributed by atoms with Crippen molar-refractivity contribution in [1.82, 2.24) is 10.2 Å². The molecule has 19 heavy (non-hydrogen) atoms. The van der Waals surface area contributed by atoms with Crippen molar-refractivity contribution in [3.8, 4) is 0 Å². The zero-order valence-electron chi connectivity index (χ0n) is 12.8. The van der Waals surface area contributed by atoms with Crippen molar-refractivity contribution in [2.45, 2.75) is 51.3 Å². The van der Waals surface area contributed by atoms with E-state index in [2.05, 4.69) is 24.1 Å². The van der Waals surface area contributed by atoms with E-state index in [1.807, 2.05) is 0 Å². The molecule has 0 aromatic heterocycles. The zero-order valence-corrected chi connectivity index (χ0v) is 12.8. The van der Waals surface area contributed by atoms with Crippen molar-refractivity contribution in [2.75, 3.05) is 27.2 Å². The minimum Gasteiger partial charge on any atom is -0.480 e. The van der Waals surface area contributed by atoms with Gasteiger partial charge in [0.2, 0.25) is 0 Å². The number of nitrogens with one attached hydrogen (secondary N) is 1. The number of carboxylic acid groups (broad SMARTS) is 1. The van der Waals surface area contributed by atoms with Gasteiger partial charge in [-0.15, -0.1) is 0 Å². The number of carbonyl (C=O) groups is 1. The molecule has 112 valence electrons. The first-order chi connectivity index (χ1) is 8.84. The third-order valence-corrected chi connectivity index (χ3v) is 4.57. The lowest BCUT2D eigenvalue weighted by atomic mass is 9.90. The van der Waals surface area contributed by atoms with Crippen LogP contribution in [0.4, 0.5) is 0 Å². The number of carboxylic acids is 1. The van der Waals surface area contributed by atoms with E-state index in [0.29, 0.717) is 12.3 Å². The van der Waals surface area contributed by atoms with Crippen LogP contribution in [0.5, 0.6) is 0 Å². The van der Waals surface area contributed by atoms with Crippen molar-refractivity contribution in [3.05, 3.63) is 0 Å². The summed E-state index contributed by atoms with van der Waals surface area (Å²) in [5, 5.41) is 12.2. The molecule has 2 N–H and O–H groups in total. The van der Waals surface area contributed by atoms with Crippen LogP contribution in [0.2, 0.25) is 0 Å². The van der Waals surface area contributed by atoms with Gasteiger partial charge in [-0.05, 0) is 46.2 Å². The Morgan fingerprint density at radius 2 is 2.26 bits per heavy atom. The summed E-state index contributed by atoms with van der Waals surface area (Å²) in [6.07, 6.45) is 1.94. The Balaban J connectivity index is 2.63. The molecule has 5 heteroatoms. The van der Waals surface area contributed by atoms with Gasteiger partial charge in [-0.25, -0.2) is 0 Å². The SMILES string of the molecule is CNC(C)(CC(C)N1CCC(C)C(OC)C1)C(=O)O. The highest BCUT2D eigenvalue weighted by atomic mass is 16.5. The van der Waals surface area contributed by atoms with Gasteiger partial charge in [0.15, 0.2) is 0 Å². The van der Waals surface area contributed by atoms with Crippen molar-refractivity contribution >= 4 is 5.97 Å². The van der Waals surface area contributed by atoms with Gasteiger partial charge >= 0.3 is 5.97 Å². The summed E-state index contributed by atoms with van der Waals surface area (Å²) in [5.41, 5.74) is -0.870. The van der Waals surface area contributed by atoms with Gasteiger partial charge < -0.3 is 15.2 Å². The molecule has 0 aliphatic carbocycles. The van der Waals surface area contributed by atoms with Gasteiger partial charge in [-0.3, -0.25) is 9.69 Å². The number of hydrogen-bond donors (Lipinski definition) is 2. The van der Waals surface area contributed by atoms with Gasteiger partial charge in [0.05, 0.1) is 6.10 Å². The van der Waals surface area contributed by atoms with Crippen LogP contribution in [0.15, 0.2) is 0 Å². The Morgan fingerprint density at radius 1 is 1.63 bits per heavy atom. The maximum Gasteiger partial charge on any atom is 0.323 e. The third-order valence-electron chi connectivity index (χ3n) is 4.57. The largest absolute Gasteiger partial charge is 0.480 e. The fourth-order valence-corrected chi connectivity index (χ4v) is 2.78. The lowest BCUT2D eigenvalue weighted by Gasteiger charge is -2.41. The Kier molecular flexibility index (Phi) is 5.77. The number of ether oxygens (including phenoxy) is 1. The highest BCUT2D eigenvalue weighted by molar-refractivity contribution is 5.78. The van der Waals surface area contributed by atoms with E-state index < -0.39 is 11.5 Å². The molecule has 1 aliphatic rings. The molecule has 0 amide bonds. The predicted octanol–water partition coefficient (Wildman–Crippen LogP) is 1.18. The number of aliphatic carboxylic acids is 1. The first kappa shape index (κ1) is 16.4. The molecule has 1 rings (SSSR count). The fourth-order valence-electron chi connectivity index (χ4n) is 2.78. The number of rotatable bonds is 6. The molecular formula is C14H28N2O3. The van der Waals surface area contributed by atoms with Crippen LogP contribution >= 0.6 is 0 Å². The summed E-state index contributed by atoms with van der Waals surface area (Å²) < 4.78 is 5.51. The monoisotopic (exact) mass is 272 g/mol. The Morgan fingerprint density at radius 3 is 2.74 bits per heavy atom. The van der Waals surface area contributed by atoms with Gasteiger partial charge in [0, 0.05) is 19.7 Å². The maximum absolute atomic E-state index is 11.3. The van der Waals surface area contributed by atoms with E-state index in [9.17, 15) is 9.90 Å². The molecule has 4 unspecified atom stereocenters. The van der Waals surface area contributed by atoms with Crippen LogP contribution in [0, 0.1) is 5.92 Å². The highest BCUT2D eigenvalue weighted by Crippen LogP contribution is 2.24. The quantitative estimate of drug-likeness (QED) is 0.760. The smallest absolute Gasteiger partial charge is 0.323 e. The molecule has 0 radical (unpaired) electrons. The summed E-state index contributed by atoms with van der Waals surface area (Å²) in [6, 6.07) is 0.221. The number of piperidine rings is 1. The molecule has 0 aromatic carbocycles. The molecule has 1 heterocycles. The second kappa shape index (κ2) is 6.68. The van der Waals surface area contributed by atoms with E-state index >= 15 is 0 Å². The predicted molar refractivity (Wildman–Crippen MR) is 75.3 cm³/mol. The number of hydrogen-bond acceptors (Lipinski definition) is 4. The van der Waals surface area contributed by atoms with Crippen LogP contribution < -0.4 is 5.32 Å². The second-order valence-corrected chi connectivity index (χ2v) is 5.98. The van der Waals surface area contributed by atoms with E-state index in [-0.39, 0.29) is 12.1 Å². The normalized spacial score (nSPS) is 29.7. The molecule has 0 saturated carbocycles. The van der Waals surface area contributed by atoms with Crippen LogP contribution in [-0.4, -0.2) is 60.9 Å². The minimum atomic E-state index is -0.870. The van der Waals surface area contributed by atoms with Gasteiger partial charge in [-0.1, -0.05) is 6.92 Å². The highest BCUT2D eigenvalue weighted by Gasteiger charge is 2.36. The Hall–Kier alpha value is -0.650. The van der Waals surface area contributed by atoms with Crippen LogP contribution in [0.25, 0.3) is 0 Å². The molecular weight excluding hydrogens is 244 g/mol. The second-order valence-electron chi connectivity index (χ2n) is 5.98.